The Balaban J connectivity index is 2.42. The zero-order valence-electron chi connectivity index (χ0n) is 18.1. The zero-order chi connectivity index (χ0) is 21.7. The number of rotatable bonds is 14. The summed E-state index contributed by atoms with van der Waals surface area (Å²) in [5.74, 6) is 2.02. The highest BCUT2D eigenvalue weighted by molar-refractivity contribution is 5.84. The molecule has 1 fully saturated rings. The second-order valence-electron chi connectivity index (χ2n) is 8.23. The summed E-state index contributed by atoms with van der Waals surface area (Å²) in [6, 6.07) is 0. The Morgan fingerprint density at radius 2 is 1.97 bits per heavy atom. The standard InChI is InChI=1S/C24H38O5/c1-4-6-15-24(28,5-2)16-12-14-21-20(22(26)18-23(21)27)13-10-8-7-9-11-17-29-19(3)25/h2,12,14,20-21,23,27-28H,4,6-11,13,15-18H2,1,3H3/t20-,21-,23-,24?/m1/s1. The monoisotopic (exact) mass is 406 g/mol. The number of hydrogen-bond acceptors (Lipinski definition) is 5. The van der Waals surface area contributed by atoms with Crippen molar-refractivity contribution in [3.05, 3.63) is 12.2 Å². The molecule has 0 aromatic carbocycles. The molecular formula is C24H38O5. The number of carbonyl (C=O) groups is 2. The first-order valence-electron chi connectivity index (χ1n) is 11.0. The van der Waals surface area contributed by atoms with Gasteiger partial charge in [0.15, 0.2) is 0 Å². The van der Waals surface area contributed by atoms with Crippen LogP contribution in [0.15, 0.2) is 12.2 Å². The number of Topliss-reactive ketones (excluding diaryl/α,β-unsaturated/α-hetero) is 1. The van der Waals surface area contributed by atoms with E-state index in [1.54, 1.807) is 0 Å². The third-order valence-corrected chi connectivity index (χ3v) is 5.72. The molecule has 5 nitrogen and oxygen atoms in total. The third-order valence-electron chi connectivity index (χ3n) is 5.72. The summed E-state index contributed by atoms with van der Waals surface area (Å²) in [4.78, 5) is 23.0. The van der Waals surface area contributed by atoms with Crippen molar-refractivity contribution in [2.24, 2.45) is 11.8 Å². The van der Waals surface area contributed by atoms with Gasteiger partial charge in [-0.25, -0.2) is 0 Å². The number of esters is 1. The molecule has 0 bridgehead atoms. The van der Waals surface area contributed by atoms with Crippen molar-refractivity contribution in [1.82, 2.24) is 0 Å². The third kappa shape index (κ3) is 9.60. The SMILES string of the molecule is C#CC(O)(CC=C[C@H]1[C@H](O)CC(=O)[C@@H]1CCCCCCCOC(C)=O)CCCC. The highest BCUT2D eigenvalue weighted by Gasteiger charge is 2.39. The summed E-state index contributed by atoms with van der Waals surface area (Å²) in [6.45, 7) is 3.94. The van der Waals surface area contributed by atoms with Crippen LogP contribution in [0, 0.1) is 24.2 Å². The normalized spacial score (nSPS) is 23.8. The molecule has 0 radical (unpaired) electrons. The Bertz CT molecular complexity index is 576. The van der Waals surface area contributed by atoms with E-state index in [9.17, 15) is 19.8 Å². The molecule has 1 aliphatic rings. The molecule has 0 aliphatic heterocycles. The molecular weight excluding hydrogens is 368 g/mol. The molecule has 164 valence electrons. The quantitative estimate of drug-likeness (QED) is 0.197. The number of ketones is 1. The molecule has 1 aliphatic carbocycles. The van der Waals surface area contributed by atoms with Crippen LogP contribution in [0.1, 0.15) is 84.5 Å². The molecule has 2 N–H and O–H groups in total. The van der Waals surface area contributed by atoms with Gasteiger partial charge in [-0.15, -0.1) is 6.42 Å². The molecule has 29 heavy (non-hydrogen) atoms. The number of unbranched alkanes of at least 4 members (excludes halogenated alkanes) is 5. The van der Waals surface area contributed by atoms with Gasteiger partial charge < -0.3 is 14.9 Å². The van der Waals surface area contributed by atoms with Gasteiger partial charge in [0.2, 0.25) is 0 Å². The summed E-state index contributed by atoms with van der Waals surface area (Å²) in [5, 5.41) is 20.7. The minimum Gasteiger partial charge on any atom is -0.466 e. The topological polar surface area (TPSA) is 83.8 Å². The van der Waals surface area contributed by atoms with Gasteiger partial charge in [0.25, 0.3) is 0 Å². The maximum atomic E-state index is 12.3. The molecule has 0 heterocycles. The molecule has 0 aromatic heterocycles. The summed E-state index contributed by atoms with van der Waals surface area (Å²) in [5.41, 5.74) is -1.15. The molecule has 1 rings (SSSR count). The van der Waals surface area contributed by atoms with Gasteiger partial charge in [0.05, 0.1) is 12.7 Å². The van der Waals surface area contributed by atoms with Gasteiger partial charge >= 0.3 is 5.97 Å². The zero-order valence-corrected chi connectivity index (χ0v) is 18.1. The number of hydrogen-bond donors (Lipinski definition) is 2. The average molecular weight is 407 g/mol. The van der Waals surface area contributed by atoms with Crippen molar-refractivity contribution in [2.75, 3.05) is 6.61 Å². The molecule has 0 amide bonds. The maximum absolute atomic E-state index is 12.3. The first-order chi connectivity index (χ1) is 13.8. The van der Waals surface area contributed by atoms with E-state index in [1.807, 2.05) is 12.2 Å². The van der Waals surface area contributed by atoms with Gasteiger partial charge in [0, 0.05) is 31.6 Å². The van der Waals surface area contributed by atoms with Crippen molar-refractivity contribution in [3.8, 4) is 12.3 Å². The van der Waals surface area contributed by atoms with Gasteiger partial charge in [-0.05, 0) is 25.7 Å². The smallest absolute Gasteiger partial charge is 0.302 e. The fourth-order valence-corrected chi connectivity index (χ4v) is 3.93. The molecule has 5 heteroatoms. The lowest BCUT2D eigenvalue weighted by Crippen LogP contribution is -2.25. The lowest BCUT2D eigenvalue weighted by molar-refractivity contribution is -0.141. The van der Waals surface area contributed by atoms with Crippen LogP contribution < -0.4 is 0 Å². The number of aliphatic hydroxyl groups excluding tert-OH is 1. The van der Waals surface area contributed by atoms with E-state index in [2.05, 4.69) is 12.8 Å². The Kier molecular flexibility index (Phi) is 11.9. The van der Waals surface area contributed by atoms with Crippen molar-refractivity contribution < 1.29 is 24.5 Å². The first kappa shape index (κ1) is 25.4. The largest absolute Gasteiger partial charge is 0.466 e. The van der Waals surface area contributed by atoms with Gasteiger partial charge in [0.1, 0.15) is 11.4 Å². The Morgan fingerprint density at radius 1 is 1.28 bits per heavy atom. The summed E-state index contributed by atoms with van der Waals surface area (Å²) < 4.78 is 4.91. The van der Waals surface area contributed by atoms with Crippen LogP contribution in [-0.2, 0) is 14.3 Å². The van der Waals surface area contributed by atoms with Crippen molar-refractivity contribution in [2.45, 2.75) is 96.2 Å². The van der Waals surface area contributed by atoms with Crippen molar-refractivity contribution in [1.29, 1.82) is 0 Å². The molecule has 1 unspecified atom stereocenters. The fraction of sp³-hybridized carbons (Fsp3) is 0.750. The predicted molar refractivity (Wildman–Crippen MR) is 114 cm³/mol. The van der Waals surface area contributed by atoms with Gasteiger partial charge in [-0.2, -0.15) is 0 Å². The Hall–Kier alpha value is -1.64. The Labute approximate surface area is 175 Å². The predicted octanol–water partition coefficient (Wildman–Crippen LogP) is 3.96. The second kappa shape index (κ2) is 13.6. The first-order valence-corrected chi connectivity index (χ1v) is 11.0. The lowest BCUT2D eigenvalue weighted by Gasteiger charge is -2.21. The number of terminal acetylenes is 1. The Morgan fingerprint density at radius 3 is 2.62 bits per heavy atom. The molecule has 4 atom stereocenters. The van der Waals surface area contributed by atoms with E-state index in [-0.39, 0.29) is 30.0 Å². The van der Waals surface area contributed by atoms with Crippen LogP contribution >= 0.6 is 0 Å². The molecule has 0 saturated heterocycles. The maximum Gasteiger partial charge on any atom is 0.302 e. The van der Waals surface area contributed by atoms with Crippen LogP contribution in [0.2, 0.25) is 0 Å². The summed E-state index contributed by atoms with van der Waals surface area (Å²) in [7, 11) is 0. The number of carbonyl (C=O) groups excluding carboxylic acids is 2. The van der Waals surface area contributed by atoms with E-state index >= 15 is 0 Å². The van der Waals surface area contributed by atoms with E-state index in [4.69, 9.17) is 11.2 Å². The van der Waals surface area contributed by atoms with E-state index in [0.29, 0.717) is 19.4 Å². The van der Waals surface area contributed by atoms with Crippen LogP contribution in [0.5, 0.6) is 0 Å². The van der Waals surface area contributed by atoms with E-state index < -0.39 is 11.7 Å². The summed E-state index contributed by atoms with van der Waals surface area (Å²) >= 11 is 0. The van der Waals surface area contributed by atoms with Crippen LogP contribution in [0.25, 0.3) is 0 Å². The fourth-order valence-electron chi connectivity index (χ4n) is 3.93. The second-order valence-corrected chi connectivity index (χ2v) is 8.23. The average Bonchev–Trinajstić information content (AvgIpc) is 2.95. The van der Waals surface area contributed by atoms with Crippen LogP contribution in [0.3, 0.4) is 0 Å². The molecule has 0 aromatic rings. The highest BCUT2D eigenvalue weighted by Crippen LogP contribution is 2.34. The van der Waals surface area contributed by atoms with Crippen LogP contribution in [-0.4, -0.2) is 40.3 Å². The summed E-state index contributed by atoms with van der Waals surface area (Å²) in [6.07, 6.45) is 17.1. The molecule has 0 spiro atoms. The minimum absolute atomic E-state index is 0.125. The number of ether oxygens (including phenoxy) is 1. The van der Waals surface area contributed by atoms with Crippen LogP contribution in [0.4, 0.5) is 0 Å². The van der Waals surface area contributed by atoms with Gasteiger partial charge in [-0.1, -0.05) is 57.1 Å². The minimum atomic E-state index is -1.15. The van der Waals surface area contributed by atoms with E-state index in [0.717, 1.165) is 51.4 Å². The van der Waals surface area contributed by atoms with Crippen molar-refractivity contribution in [3.63, 3.8) is 0 Å². The van der Waals surface area contributed by atoms with E-state index in [1.165, 1.54) is 6.92 Å². The highest BCUT2D eigenvalue weighted by atomic mass is 16.5. The van der Waals surface area contributed by atoms with Crippen molar-refractivity contribution >= 4 is 11.8 Å². The lowest BCUT2D eigenvalue weighted by atomic mass is 9.87. The number of aliphatic hydroxyl groups is 2. The molecule has 1 saturated carbocycles. The van der Waals surface area contributed by atoms with Gasteiger partial charge in [-0.3, -0.25) is 9.59 Å².